The van der Waals surface area contributed by atoms with E-state index < -0.39 is 46.8 Å². The Labute approximate surface area is 229 Å². The van der Waals surface area contributed by atoms with E-state index in [4.69, 9.17) is 4.74 Å². The molecule has 0 aliphatic heterocycles. The number of aliphatic hydroxyl groups excluding tert-OH is 3. The lowest BCUT2D eigenvalue weighted by atomic mass is 9.32. The molecule has 0 aromatic heterocycles. The normalized spacial score (nSPS) is 57.4. The molecular formula is C32H52O6. The van der Waals surface area contributed by atoms with Crippen LogP contribution < -0.4 is 0 Å². The van der Waals surface area contributed by atoms with Crippen LogP contribution in [0.1, 0.15) is 101 Å². The van der Waals surface area contributed by atoms with E-state index in [0.717, 1.165) is 38.5 Å². The lowest BCUT2D eigenvalue weighted by Gasteiger charge is -2.73. The van der Waals surface area contributed by atoms with Gasteiger partial charge >= 0.3 is 5.97 Å². The SMILES string of the molecule is CC(=O)O[C@H]1[C@H](O)[C@@H](O)[C@]2(C)[C@H]3[C@H](O)C=C4[C@@H]5[C@@H](C)[C@@](C)(O)CC[C@]5(C)CC[C@@]4(C)[C@]3(C)CC[C@H]2C1(C)C. The summed E-state index contributed by atoms with van der Waals surface area (Å²) in [6.45, 7) is 18.7. The molecule has 0 unspecified atom stereocenters. The zero-order valence-electron chi connectivity index (χ0n) is 25.0. The Morgan fingerprint density at radius 2 is 1.55 bits per heavy atom. The van der Waals surface area contributed by atoms with Gasteiger partial charge in [0.1, 0.15) is 12.2 Å². The minimum atomic E-state index is -1.23. The summed E-state index contributed by atoms with van der Waals surface area (Å²) in [6.07, 6.45) is 3.74. The van der Waals surface area contributed by atoms with Gasteiger partial charge in [-0.25, -0.2) is 0 Å². The second-order valence-corrected chi connectivity index (χ2v) is 15.9. The van der Waals surface area contributed by atoms with Crippen LogP contribution in [0.4, 0.5) is 0 Å². The van der Waals surface area contributed by atoms with Crippen molar-refractivity contribution in [2.24, 2.45) is 50.7 Å². The van der Waals surface area contributed by atoms with E-state index in [1.807, 2.05) is 20.8 Å². The number of rotatable bonds is 1. The molecule has 38 heavy (non-hydrogen) atoms. The predicted octanol–water partition coefficient (Wildman–Crippen LogP) is 4.62. The van der Waals surface area contributed by atoms with Crippen molar-refractivity contribution in [1.82, 2.24) is 0 Å². The van der Waals surface area contributed by atoms with Gasteiger partial charge in [0.25, 0.3) is 0 Å². The summed E-state index contributed by atoms with van der Waals surface area (Å²) in [5.41, 5.74) is -1.20. The standard InChI is InChI=1S/C32H52O6/c1-17-22-19-16-20(34)24-30(7,29(19,6)14-12-28(22,5)13-15-31(17,8)37)11-10-21-27(3,4)26(38-18(2)33)23(35)25(36)32(21,24)9/h16-17,20-26,34-37H,10-15H2,1-9H3/t17-,20-,21+,22+,23-,24+,25-,26+,28+,29-,30-,31+,32+/m1/s1. The van der Waals surface area contributed by atoms with Gasteiger partial charge in [0, 0.05) is 23.7 Å². The number of fused-ring (bicyclic) bond motifs is 7. The van der Waals surface area contributed by atoms with Gasteiger partial charge in [-0.05, 0) is 79.4 Å². The monoisotopic (exact) mass is 532 g/mol. The Morgan fingerprint density at radius 3 is 2.16 bits per heavy atom. The van der Waals surface area contributed by atoms with Crippen LogP contribution in [0, 0.1) is 50.7 Å². The predicted molar refractivity (Wildman–Crippen MR) is 146 cm³/mol. The molecule has 5 aliphatic carbocycles. The van der Waals surface area contributed by atoms with E-state index in [9.17, 15) is 25.2 Å². The van der Waals surface area contributed by atoms with Gasteiger partial charge in [0.15, 0.2) is 0 Å². The van der Waals surface area contributed by atoms with Gasteiger partial charge in [-0.1, -0.05) is 60.1 Å². The molecule has 13 atom stereocenters. The van der Waals surface area contributed by atoms with Crippen LogP contribution in [-0.4, -0.2) is 56.4 Å². The van der Waals surface area contributed by atoms with Crippen molar-refractivity contribution in [2.75, 3.05) is 0 Å². The van der Waals surface area contributed by atoms with Crippen LogP contribution in [0.5, 0.6) is 0 Å². The molecule has 0 spiro atoms. The highest BCUT2D eigenvalue weighted by atomic mass is 16.6. The summed E-state index contributed by atoms with van der Waals surface area (Å²) in [7, 11) is 0. The van der Waals surface area contributed by atoms with Crippen LogP contribution in [0.2, 0.25) is 0 Å². The highest BCUT2D eigenvalue weighted by molar-refractivity contribution is 5.66. The van der Waals surface area contributed by atoms with Crippen molar-refractivity contribution >= 4 is 5.97 Å². The van der Waals surface area contributed by atoms with Gasteiger partial charge in [0.05, 0.1) is 17.8 Å². The van der Waals surface area contributed by atoms with E-state index in [2.05, 4.69) is 40.7 Å². The second kappa shape index (κ2) is 8.30. The first-order chi connectivity index (χ1) is 17.3. The number of ether oxygens (including phenoxy) is 1. The van der Waals surface area contributed by atoms with E-state index >= 15 is 0 Å². The van der Waals surface area contributed by atoms with Crippen LogP contribution in [0.25, 0.3) is 0 Å². The summed E-state index contributed by atoms with van der Waals surface area (Å²) in [4.78, 5) is 12.0. The number of hydrogen-bond donors (Lipinski definition) is 4. The third-order valence-corrected chi connectivity index (χ3v) is 13.8. The highest BCUT2D eigenvalue weighted by Crippen LogP contribution is 2.75. The number of hydrogen-bond acceptors (Lipinski definition) is 6. The molecule has 0 aromatic rings. The molecule has 4 fully saturated rings. The van der Waals surface area contributed by atoms with Crippen LogP contribution >= 0.6 is 0 Å². The summed E-state index contributed by atoms with van der Waals surface area (Å²) >= 11 is 0. The van der Waals surface area contributed by atoms with Gasteiger partial charge < -0.3 is 25.2 Å². The summed E-state index contributed by atoms with van der Waals surface area (Å²) in [6, 6.07) is 0. The first-order valence-corrected chi connectivity index (χ1v) is 14.9. The minimum Gasteiger partial charge on any atom is -0.459 e. The Kier molecular flexibility index (Phi) is 6.24. The van der Waals surface area contributed by atoms with Crippen LogP contribution in [0.15, 0.2) is 11.6 Å². The van der Waals surface area contributed by atoms with Gasteiger partial charge in [-0.2, -0.15) is 0 Å². The molecule has 0 bridgehead atoms. The molecule has 0 aromatic carbocycles. The smallest absolute Gasteiger partial charge is 0.303 e. The maximum atomic E-state index is 12.1. The maximum Gasteiger partial charge on any atom is 0.303 e. The average Bonchev–Trinajstić information content (AvgIpc) is 2.80. The zero-order valence-corrected chi connectivity index (χ0v) is 25.0. The molecule has 5 aliphatic rings. The Bertz CT molecular complexity index is 1030. The number of allylic oxidation sites excluding steroid dienone is 1. The van der Waals surface area contributed by atoms with Gasteiger partial charge in [0.2, 0.25) is 0 Å². The number of aliphatic hydroxyl groups is 4. The van der Waals surface area contributed by atoms with E-state index in [0.29, 0.717) is 0 Å². The quantitative estimate of drug-likeness (QED) is 0.290. The van der Waals surface area contributed by atoms with Crippen molar-refractivity contribution in [2.45, 2.75) is 131 Å². The lowest BCUT2D eigenvalue weighted by molar-refractivity contribution is -0.293. The first kappa shape index (κ1) is 28.6. The summed E-state index contributed by atoms with van der Waals surface area (Å²) < 4.78 is 5.63. The maximum absolute atomic E-state index is 12.1. The molecular weight excluding hydrogens is 480 g/mol. The van der Waals surface area contributed by atoms with Crippen molar-refractivity contribution < 1.29 is 30.0 Å². The van der Waals surface area contributed by atoms with E-state index in [1.165, 1.54) is 12.5 Å². The topological polar surface area (TPSA) is 107 Å². The molecule has 0 radical (unpaired) electrons. The fourth-order valence-electron chi connectivity index (χ4n) is 11.3. The molecule has 4 N–H and O–H groups in total. The number of esters is 1. The summed E-state index contributed by atoms with van der Waals surface area (Å²) in [5.74, 6) is -0.508. The van der Waals surface area contributed by atoms with E-state index in [1.54, 1.807) is 0 Å². The van der Waals surface area contributed by atoms with Crippen molar-refractivity contribution in [3.63, 3.8) is 0 Å². The number of carbonyl (C=O) groups excluding carboxylic acids is 1. The fourth-order valence-corrected chi connectivity index (χ4v) is 11.3. The average molecular weight is 533 g/mol. The summed E-state index contributed by atoms with van der Waals surface area (Å²) in [5, 5.41) is 46.7. The van der Waals surface area contributed by atoms with Gasteiger partial charge in [-0.3, -0.25) is 4.79 Å². The second-order valence-electron chi connectivity index (χ2n) is 15.9. The van der Waals surface area contributed by atoms with Crippen molar-refractivity contribution in [3.8, 4) is 0 Å². The first-order valence-electron chi connectivity index (χ1n) is 14.9. The van der Waals surface area contributed by atoms with E-state index in [-0.39, 0.29) is 39.9 Å². The Hall–Kier alpha value is -0.950. The van der Waals surface area contributed by atoms with Gasteiger partial charge in [-0.15, -0.1) is 0 Å². The molecule has 0 saturated heterocycles. The molecule has 6 heteroatoms. The molecule has 216 valence electrons. The van der Waals surface area contributed by atoms with Crippen molar-refractivity contribution in [3.05, 3.63) is 11.6 Å². The Balaban J connectivity index is 1.65. The third kappa shape index (κ3) is 3.36. The minimum absolute atomic E-state index is 0.0489. The highest BCUT2D eigenvalue weighted by Gasteiger charge is 2.73. The van der Waals surface area contributed by atoms with Crippen LogP contribution in [0.3, 0.4) is 0 Å². The zero-order chi connectivity index (χ0) is 28.4. The molecule has 6 nitrogen and oxygen atoms in total. The largest absolute Gasteiger partial charge is 0.459 e. The fraction of sp³-hybridized carbons (Fsp3) is 0.906. The van der Waals surface area contributed by atoms with Crippen LogP contribution in [-0.2, 0) is 9.53 Å². The van der Waals surface area contributed by atoms with Crippen molar-refractivity contribution in [1.29, 1.82) is 0 Å². The lowest BCUT2D eigenvalue weighted by Crippen LogP contribution is -2.74. The molecule has 5 rings (SSSR count). The number of carbonyl (C=O) groups is 1. The Morgan fingerprint density at radius 1 is 0.947 bits per heavy atom. The molecule has 0 amide bonds. The third-order valence-electron chi connectivity index (χ3n) is 13.8. The molecule has 0 heterocycles. The molecule has 4 saturated carbocycles.